The van der Waals surface area contributed by atoms with Crippen LogP contribution in [0, 0.1) is 0 Å². The lowest BCUT2D eigenvalue weighted by molar-refractivity contribution is 0.482. The fourth-order valence-electron chi connectivity index (χ4n) is 1.95. The van der Waals surface area contributed by atoms with Crippen molar-refractivity contribution in [3.63, 3.8) is 0 Å². The Kier molecular flexibility index (Phi) is 4.16. The van der Waals surface area contributed by atoms with Gasteiger partial charge in [-0.05, 0) is 48.7 Å². The summed E-state index contributed by atoms with van der Waals surface area (Å²) in [6, 6.07) is 13.9. The Morgan fingerprint density at radius 1 is 1.10 bits per heavy atom. The summed E-state index contributed by atoms with van der Waals surface area (Å²) in [4.78, 5) is 0. The molecule has 2 aromatic rings. The molecular formula is C16H15Cl2NO. The van der Waals surface area contributed by atoms with Crippen LogP contribution in [0.2, 0.25) is 10.0 Å². The van der Waals surface area contributed by atoms with Crippen molar-refractivity contribution in [2.45, 2.75) is 25.4 Å². The van der Waals surface area contributed by atoms with Gasteiger partial charge in [0.05, 0.1) is 5.02 Å². The van der Waals surface area contributed by atoms with Gasteiger partial charge in [-0.3, -0.25) is 0 Å². The number of nitrogens with one attached hydrogen (secondary N) is 1. The normalized spacial score (nSPS) is 14.3. The smallest absolute Gasteiger partial charge is 0.146 e. The van der Waals surface area contributed by atoms with Gasteiger partial charge < -0.3 is 10.1 Å². The van der Waals surface area contributed by atoms with E-state index in [1.807, 2.05) is 18.2 Å². The molecule has 0 radical (unpaired) electrons. The van der Waals surface area contributed by atoms with Gasteiger partial charge in [0.2, 0.25) is 0 Å². The standard InChI is InChI=1S/C16H15Cl2NO/c17-12-4-7-16(15(18)9-12)20-14-3-1-2-11(8-14)10-19-13-5-6-13/h1-4,7-9,13,19H,5-6,10H2. The summed E-state index contributed by atoms with van der Waals surface area (Å²) in [5, 5.41) is 4.60. The lowest BCUT2D eigenvalue weighted by atomic mass is 10.2. The minimum absolute atomic E-state index is 0.513. The van der Waals surface area contributed by atoms with Crippen LogP contribution in [0.3, 0.4) is 0 Å². The van der Waals surface area contributed by atoms with Crippen LogP contribution in [-0.2, 0) is 6.54 Å². The third kappa shape index (κ3) is 3.66. The van der Waals surface area contributed by atoms with Crippen LogP contribution in [-0.4, -0.2) is 6.04 Å². The molecule has 2 nitrogen and oxygen atoms in total. The monoisotopic (exact) mass is 307 g/mol. The molecule has 0 aliphatic heterocycles. The van der Waals surface area contributed by atoms with Gasteiger partial charge in [-0.15, -0.1) is 0 Å². The van der Waals surface area contributed by atoms with E-state index in [2.05, 4.69) is 11.4 Å². The van der Waals surface area contributed by atoms with Crippen LogP contribution >= 0.6 is 23.2 Å². The predicted molar refractivity (Wildman–Crippen MR) is 82.8 cm³/mol. The highest BCUT2D eigenvalue weighted by Gasteiger charge is 2.19. The van der Waals surface area contributed by atoms with Gasteiger partial charge in [0, 0.05) is 17.6 Å². The van der Waals surface area contributed by atoms with Crippen molar-refractivity contribution in [3.8, 4) is 11.5 Å². The first kappa shape index (κ1) is 13.7. The molecule has 0 aromatic heterocycles. The minimum atomic E-state index is 0.513. The zero-order valence-corrected chi connectivity index (χ0v) is 12.4. The highest BCUT2D eigenvalue weighted by atomic mass is 35.5. The van der Waals surface area contributed by atoms with Crippen LogP contribution in [0.4, 0.5) is 0 Å². The fourth-order valence-corrected chi connectivity index (χ4v) is 2.40. The number of benzene rings is 2. The highest BCUT2D eigenvalue weighted by molar-refractivity contribution is 6.35. The third-order valence-corrected chi connectivity index (χ3v) is 3.72. The van der Waals surface area contributed by atoms with E-state index in [9.17, 15) is 0 Å². The van der Waals surface area contributed by atoms with Crippen molar-refractivity contribution in [2.24, 2.45) is 0 Å². The molecule has 0 unspecified atom stereocenters. The average Bonchev–Trinajstić information content (AvgIpc) is 3.24. The molecule has 0 heterocycles. The fraction of sp³-hybridized carbons (Fsp3) is 0.250. The van der Waals surface area contributed by atoms with Gasteiger partial charge in [0.1, 0.15) is 11.5 Å². The van der Waals surface area contributed by atoms with Gasteiger partial charge in [0.25, 0.3) is 0 Å². The zero-order valence-electron chi connectivity index (χ0n) is 10.9. The van der Waals surface area contributed by atoms with E-state index < -0.39 is 0 Å². The molecule has 1 aliphatic rings. The Bertz CT molecular complexity index is 611. The van der Waals surface area contributed by atoms with Gasteiger partial charge >= 0.3 is 0 Å². The maximum atomic E-state index is 6.11. The largest absolute Gasteiger partial charge is 0.456 e. The maximum absolute atomic E-state index is 6.11. The summed E-state index contributed by atoms with van der Waals surface area (Å²) in [5.41, 5.74) is 1.21. The van der Waals surface area contributed by atoms with Gasteiger partial charge in [-0.1, -0.05) is 35.3 Å². The summed E-state index contributed by atoms with van der Waals surface area (Å²) < 4.78 is 5.81. The van der Waals surface area contributed by atoms with Crippen molar-refractivity contribution < 1.29 is 4.74 Å². The SMILES string of the molecule is Clc1ccc(Oc2cccc(CNC3CC3)c2)c(Cl)c1. The molecule has 0 bridgehead atoms. The summed E-state index contributed by atoms with van der Waals surface area (Å²) in [6.45, 7) is 0.871. The molecule has 0 amide bonds. The van der Waals surface area contributed by atoms with E-state index in [-0.39, 0.29) is 0 Å². The van der Waals surface area contributed by atoms with E-state index in [1.165, 1.54) is 18.4 Å². The molecule has 4 heteroatoms. The highest BCUT2D eigenvalue weighted by Crippen LogP contribution is 2.31. The molecule has 1 fully saturated rings. The first-order valence-electron chi connectivity index (χ1n) is 6.66. The van der Waals surface area contributed by atoms with Gasteiger partial charge in [-0.25, -0.2) is 0 Å². The molecule has 0 saturated heterocycles. The molecule has 1 saturated carbocycles. The molecule has 20 heavy (non-hydrogen) atoms. The lowest BCUT2D eigenvalue weighted by Gasteiger charge is -2.10. The second-order valence-electron chi connectivity index (χ2n) is 4.98. The van der Waals surface area contributed by atoms with Gasteiger partial charge in [-0.2, -0.15) is 0 Å². The minimum Gasteiger partial charge on any atom is -0.456 e. The second-order valence-corrected chi connectivity index (χ2v) is 5.82. The summed E-state index contributed by atoms with van der Waals surface area (Å²) in [7, 11) is 0. The lowest BCUT2D eigenvalue weighted by Crippen LogP contribution is -2.15. The Morgan fingerprint density at radius 3 is 2.70 bits per heavy atom. The van der Waals surface area contributed by atoms with E-state index in [1.54, 1.807) is 18.2 Å². The zero-order chi connectivity index (χ0) is 13.9. The van der Waals surface area contributed by atoms with Crippen LogP contribution < -0.4 is 10.1 Å². The summed E-state index contributed by atoms with van der Waals surface area (Å²) >= 11 is 12.0. The van der Waals surface area contributed by atoms with E-state index >= 15 is 0 Å². The molecule has 2 aromatic carbocycles. The number of ether oxygens (including phenoxy) is 1. The number of halogens is 2. The molecule has 1 aliphatic carbocycles. The van der Waals surface area contributed by atoms with Crippen molar-refractivity contribution in [1.82, 2.24) is 5.32 Å². The summed E-state index contributed by atoms with van der Waals surface area (Å²) in [5.74, 6) is 1.40. The first-order valence-corrected chi connectivity index (χ1v) is 7.41. The van der Waals surface area contributed by atoms with Crippen molar-refractivity contribution >= 4 is 23.2 Å². The van der Waals surface area contributed by atoms with Crippen LogP contribution in [0.1, 0.15) is 18.4 Å². The molecule has 3 rings (SSSR count). The maximum Gasteiger partial charge on any atom is 0.146 e. The Balaban J connectivity index is 1.70. The molecule has 104 valence electrons. The van der Waals surface area contributed by atoms with Crippen molar-refractivity contribution in [1.29, 1.82) is 0 Å². The Hall–Kier alpha value is -1.22. The van der Waals surface area contributed by atoms with Crippen LogP contribution in [0.15, 0.2) is 42.5 Å². The third-order valence-electron chi connectivity index (χ3n) is 3.19. The van der Waals surface area contributed by atoms with E-state index in [0.717, 1.165) is 12.3 Å². The molecular weight excluding hydrogens is 293 g/mol. The number of hydrogen-bond donors (Lipinski definition) is 1. The number of rotatable bonds is 5. The Labute approximate surface area is 128 Å². The number of hydrogen-bond acceptors (Lipinski definition) is 2. The molecule has 1 N–H and O–H groups in total. The van der Waals surface area contributed by atoms with Crippen LogP contribution in [0.5, 0.6) is 11.5 Å². The molecule has 0 atom stereocenters. The van der Waals surface area contributed by atoms with Crippen molar-refractivity contribution in [3.05, 3.63) is 58.1 Å². The summed E-state index contributed by atoms with van der Waals surface area (Å²) in [6.07, 6.45) is 2.58. The second kappa shape index (κ2) is 6.04. The van der Waals surface area contributed by atoms with Crippen molar-refractivity contribution in [2.75, 3.05) is 0 Å². The predicted octanol–water partition coefficient (Wildman–Crippen LogP) is 5.04. The average molecular weight is 308 g/mol. The van der Waals surface area contributed by atoms with E-state index in [0.29, 0.717) is 21.8 Å². The topological polar surface area (TPSA) is 21.3 Å². The van der Waals surface area contributed by atoms with Crippen LogP contribution in [0.25, 0.3) is 0 Å². The molecule has 0 spiro atoms. The quantitative estimate of drug-likeness (QED) is 0.835. The first-order chi connectivity index (χ1) is 9.70. The van der Waals surface area contributed by atoms with E-state index in [4.69, 9.17) is 27.9 Å². The van der Waals surface area contributed by atoms with Gasteiger partial charge in [0.15, 0.2) is 0 Å². The Morgan fingerprint density at radius 2 is 1.95 bits per heavy atom.